The van der Waals surface area contributed by atoms with Gasteiger partial charge in [0.2, 0.25) is 0 Å². The van der Waals surface area contributed by atoms with Crippen LogP contribution in [0.4, 0.5) is 5.69 Å². The molecule has 1 amide bonds. The van der Waals surface area contributed by atoms with E-state index in [9.17, 15) is 13.2 Å². The second kappa shape index (κ2) is 10.3. The normalized spacial score (nSPS) is 11.8. The van der Waals surface area contributed by atoms with Crippen molar-refractivity contribution in [3.8, 4) is 5.75 Å². The molecule has 1 N–H and O–H groups in total. The highest BCUT2D eigenvalue weighted by Gasteiger charge is 2.28. The molecular formula is C22H22BrN3O4S2. The van der Waals surface area contributed by atoms with Crippen LogP contribution in [0.15, 0.2) is 74.4 Å². The zero-order valence-corrected chi connectivity index (χ0v) is 20.9. The number of carbonyl (C=O) groups excluding carboxylic acids is 1. The van der Waals surface area contributed by atoms with Gasteiger partial charge < -0.3 is 4.74 Å². The van der Waals surface area contributed by atoms with Gasteiger partial charge in [-0.25, -0.2) is 13.8 Å². The van der Waals surface area contributed by atoms with Crippen LogP contribution < -0.4 is 14.5 Å². The number of hydrazone groups is 1. The van der Waals surface area contributed by atoms with E-state index in [1.807, 2.05) is 24.4 Å². The van der Waals surface area contributed by atoms with Gasteiger partial charge in [-0.15, -0.1) is 11.3 Å². The Kier molecular flexibility index (Phi) is 7.70. The fourth-order valence-electron chi connectivity index (χ4n) is 2.81. The molecule has 3 rings (SSSR count). The quantitative estimate of drug-likeness (QED) is 0.338. The Bertz CT molecular complexity index is 1220. The van der Waals surface area contributed by atoms with Crippen molar-refractivity contribution in [1.29, 1.82) is 0 Å². The van der Waals surface area contributed by atoms with Gasteiger partial charge in [0.25, 0.3) is 15.9 Å². The smallest absolute Gasteiger partial charge is 0.264 e. The summed E-state index contributed by atoms with van der Waals surface area (Å²) in [6, 6.07) is 15.1. The van der Waals surface area contributed by atoms with Crippen molar-refractivity contribution in [2.24, 2.45) is 5.10 Å². The number of carbonyl (C=O) groups is 1. The van der Waals surface area contributed by atoms with Crippen molar-refractivity contribution >= 4 is 54.6 Å². The van der Waals surface area contributed by atoms with Crippen LogP contribution in [0.5, 0.6) is 5.75 Å². The monoisotopic (exact) mass is 535 g/mol. The molecule has 0 saturated carbocycles. The average molecular weight is 536 g/mol. The van der Waals surface area contributed by atoms with E-state index >= 15 is 0 Å². The van der Waals surface area contributed by atoms with Crippen LogP contribution in [0.3, 0.4) is 0 Å². The summed E-state index contributed by atoms with van der Waals surface area (Å²) in [5.74, 6) is -0.0559. The molecule has 2 aromatic carbocycles. The number of nitrogens with zero attached hydrogens (tertiary/aromatic N) is 2. The number of aryl methyl sites for hydroxylation is 1. The van der Waals surface area contributed by atoms with E-state index in [-0.39, 0.29) is 4.90 Å². The number of halogens is 1. The van der Waals surface area contributed by atoms with Crippen LogP contribution in [0.1, 0.15) is 17.4 Å². The Morgan fingerprint density at radius 3 is 2.50 bits per heavy atom. The summed E-state index contributed by atoms with van der Waals surface area (Å²) in [6.45, 7) is 3.24. The van der Waals surface area contributed by atoms with Crippen LogP contribution in [0.2, 0.25) is 0 Å². The highest BCUT2D eigenvalue weighted by Crippen LogP contribution is 2.30. The number of benzene rings is 2. The Morgan fingerprint density at radius 1 is 1.19 bits per heavy atom. The number of hydrogen-bond donors (Lipinski definition) is 1. The second-order valence-electron chi connectivity index (χ2n) is 6.85. The lowest BCUT2D eigenvalue weighted by atomic mass is 10.2. The van der Waals surface area contributed by atoms with Crippen molar-refractivity contribution in [1.82, 2.24) is 5.43 Å². The first-order valence-electron chi connectivity index (χ1n) is 9.52. The molecule has 3 aromatic rings. The van der Waals surface area contributed by atoms with Gasteiger partial charge in [-0.3, -0.25) is 9.10 Å². The second-order valence-corrected chi connectivity index (χ2v) is 10.5. The Labute approximate surface area is 199 Å². The Balaban J connectivity index is 1.91. The van der Waals surface area contributed by atoms with Crippen LogP contribution in [-0.4, -0.2) is 33.7 Å². The fourth-order valence-corrected chi connectivity index (χ4v) is 5.63. The number of sulfonamides is 1. The van der Waals surface area contributed by atoms with Crippen molar-refractivity contribution in [3.05, 3.63) is 74.9 Å². The molecule has 32 heavy (non-hydrogen) atoms. The summed E-state index contributed by atoms with van der Waals surface area (Å²) in [7, 11) is -2.55. The third kappa shape index (κ3) is 5.56. The number of thiophene rings is 1. The SMILES string of the molecule is COc1ccc(S(=O)(=O)N(CC(=O)N/N=C(/C)c2cccs2)c2ccc(C)cc2)cc1Br. The van der Waals surface area contributed by atoms with Gasteiger partial charge in [0.1, 0.15) is 12.3 Å². The van der Waals surface area contributed by atoms with Crippen molar-refractivity contribution in [2.45, 2.75) is 18.7 Å². The lowest BCUT2D eigenvalue weighted by Gasteiger charge is -2.24. The van der Waals surface area contributed by atoms with Crippen LogP contribution >= 0.6 is 27.3 Å². The minimum atomic E-state index is -4.05. The minimum absolute atomic E-state index is 0.0248. The standard InChI is InChI=1S/C22H22BrN3O4S2/c1-15-6-8-17(9-7-15)26(14-22(27)25-24-16(2)21-5-4-12-31-21)32(28,29)18-10-11-20(30-3)19(23)13-18/h4-13H,14H2,1-3H3,(H,25,27)/b24-16-. The van der Waals surface area contributed by atoms with Gasteiger partial charge in [-0.05, 0) is 71.6 Å². The average Bonchev–Trinajstić information content (AvgIpc) is 3.31. The molecule has 1 heterocycles. The molecule has 1 aromatic heterocycles. The molecule has 0 bridgehead atoms. The van der Waals surface area contributed by atoms with Gasteiger partial charge in [0, 0.05) is 4.88 Å². The summed E-state index contributed by atoms with van der Waals surface area (Å²) >= 11 is 4.82. The number of amides is 1. The van der Waals surface area contributed by atoms with Crippen molar-refractivity contribution < 1.29 is 17.9 Å². The Morgan fingerprint density at radius 2 is 1.91 bits per heavy atom. The van der Waals surface area contributed by atoms with E-state index in [1.54, 1.807) is 37.3 Å². The molecule has 0 aliphatic rings. The van der Waals surface area contributed by atoms with Crippen LogP contribution in [-0.2, 0) is 14.8 Å². The molecule has 0 atom stereocenters. The number of rotatable bonds is 8. The van der Waals surface area contributed by atoms with Gasteiger partial charge >= 0.3 is 0 Å². The molecule has 0 spiro atoms. The largest absolute Gasteiger partial charge is 0.496 e. The summed E-state index contributed by atoms with van der Waals surface area (Å²) in [5, 5.41) is 6.01. The number of anilines is 1. The first kappa shape index (κ1) is 24.0. The number of methoxy groups -OCH3 is 1. The van der Waals surface area contributed by atoms with E-state index in [1.165, 1.54) is 30.6 Å². The molecule has 0 unspecified atom stereocenters. The zero-order valence-electron chi connectivity index (χ0n) is 17.7. The topological polar surface area (TPSA) is 88.1 Å². The van der Waals surface area contributed by atoms with E-state index in [2.05, 4.69) is 26.5 Å². The number of hydrogen-bond acceptors (Lipinski definition) is 6. The summed E-state index contributed by atoms with van der Waals surface area (Å²) < 4.78 is 33.7. The molecule has 7 nitrogen and oxygen atoms in total. The lowest BCUT2D eigenvalue weighted by Crippen LogP contribution is -2.39. The fraction of sp³-hybridized carbons (Fsp3) is 0.182. The van der Waals surface area contributed by atoms with Gasteiger partial charge in [-0.2, -0.15) is 5.10 Å². The first-order chi connectivity index (χ1) is 15.2. The third-order valence-electron chi connectivity index (χ3n) is 4.55. The molecular weight excluding hydrogens is 514 g/mol. The van der Waals surface area contributed by atoms with Crippen LogP contribution in [0.25, 0.3) is 0 Å². The van der Waals surface area contributed by atoms with Gasteiger partial charge in [0.15, 0.2) is 0 Å². The maximum Gasteiger partial charge on any atom is 0.264 e. The van der Waals surface area contributed by atoms with Crippen molar-refractivity contribution in [3.63, 3.8) is 0 Å². The molecule has 0 saturated heterocycles. The predicted octanol–water partition coefficient (Wildman–Crippen LogP) is 4.56. The van der Waals surface area contributed by atoms with E-state index in [0.717, 1.165) is 14.7 Å². The summed E-state index contributed by atoms with van der Waals surface area (Å²) in [6.07, 6.45) is 0. The Hall–Kier alpha value is -2.69. The molecule has 0 fully saturated rings. The maximum atomic E-state index is 13.5. The molecule has 10 heteroatoms. The highest BCUT2D eigenvalue weighted by atomic mass is 79.9. The third-order valence-corrected chi connectivity index (χ3v) is 7.91. The van der Waals surface area contributed by atoms with Gasteiger partial charge in [-0.1, -0.05) is 23.8 Å². The number of ether oxygens (including phenoxy) is 1. The lowest BCUT2D eigenvalue weighted by molar-refractivity contribution is -0.119. The number of nitrogens with one attached hydrogen (secondary N) is 1. The van der Waals surface area contributed by atoms with Crippen molar-refractivity contribution in [2.75, 3.05) is 18.0 Å². The van der Waals surface area contributed by atoms with Gasteiger partial charge in [0.05, 0.1) is 27.9 Å². The highest BCUT2D eigenvalue weighted by molar-refractivity contribution is 9.10. The van der Waals surface area contributed by atoms with Crippen LogP contribution in [0, 0.1) is 6.92 Å². The van der Waals surface area contributed by atoms with E-state index < -0.39 is 22.5 Å². The van der Waals surface area contributed by atoms with E-state index in [4.69, 9.17) is 4.74 Å². The maximum absolute atomic E-state index is 13.5. The predicted molar refractivity (Wildman–Crippen MR) is 131 cm³/mol. The first-order valence-corrected chi connectivity index (χ1v) is 12.6. The molecule has 0 aliphatic heterocycles. The van der Waals surface area contributed by atoms with E-state index in [0.29, 0.717) is 21.6 Å². The molecule has 0 aliphatic carbocycles. The summed E-state index contributed by atoms with van der Waals surface area (Å²) in [4.78, 5) is 13.6. The summed E-state index contributed by atoms with van der Waals surface area (Å²) in [5.41, 5.74) is 4.44. The minimum Gasteiger partial charge on any atom is -0.496 e. The zero-order chi connectivity index (χ0) is 23.3. The molecule has 0 radical (unpaired) electrons. The molecule has 168 valence electrons.